The van der Waals surface area contributed by atoms with Crippen molar-refractivity contribution in [1.29, 1.82) is 0 Å². The summed E-state index contributed by atoms with van der Waals surface area (Å²) in [5, 5.41) is 1.97. The molecule has 0 aliphatic carbocycles. The molecule has 0 bridgehead atoms. The van der Waals surface area contributed by atoms with Crippen molar-refractivity contribution in [3.05, 3.63) is 0 Å². The van der Waals surface area contributed by atoms with Crippen molar-refractivity contribution in [1.82, 2.24) is 5.32 Å². The van der Waals surface area contributed by atoms with E-state index in [0.717, 1.165) is 0 Å². The summed E-state index contributed by atoms with van der Waals surface area (Å²) in [6.07, 6.45) is 0.336. The first-order valence-corrected chi connectivity index (χ1v) is 3.11. The molecule has 3 amide bonds. The average molecular weight is 144 g/mol. The lowest BCUT2D eigenvalue weighted by Gasteiger charge is -2.01. The highest BCUT2D eigenvalue weighted by atomic mass is 16.2. The van der Waals surface area contributed by atoms with Gasteiger partial charge in [0.05, 0.1) is 0 Å². The van der Waals surface area contributed by atoms with Crippen molar-refractivity contribution in [3.63, 3.8) is 0 Å². The Morgan fingerprint density at radius 3 is 2.30 bits per heavy atom. The lowest BCUT2D eigenvalue weighted by molar-refractivity contribution is -0.120. The Morgan fingerprint density at radius 2 is 2.00 bits per heavy atom. The van der Waals surface area contributed by atoms with E-state index in [2.05, 4.69) is 0 Å². The fraction of sp³-hybridized carbons (Fsp3) is 0.667. The minimum absolute atomic E-state index is 0.249. The van der Waals surface area contributed by atoms with Crippen LogP contribution in [0.25, 0.3) is 0 Å². The Hall–Kier alpha value is -1.06. The molecule has 0 unspecified atom stereocenters. The molecule has 0 aromatic carbocycles. The van der Waals surface area contributed by atoms with Gasteiger partial charge in [-0.05, 0) is 5.92 Å². The third-order valence-corrected chi connectivity index (χ3v) is 0.856. The molecule has 4 heteroatoms. The van der Waals surface area contributed by atoms with Gasteiger partial charge in [-0.15, -0.1) is 0 Å². The zero-order valence-electron chi connectivity index (χ0n) is 6.18. The van der Waals surface area contributed by atoms with Crippen LogP contribution in [0.3, 0.4) is 0 Å². The smallest absolute Gasteiger partial charge is 0.318 e. The Labute approximate surface area is 59.8 Å². The van der Waals surface area contributed by atoms with Crippen molar-refractivity contribution in [3.8, 4) is 0 Å². The molecule has 0 spiro atoms. The first kappa shape index (κ1) is 8.94. The second-order valence-corrected chi connectivity index (χ2v) is 2.51. The highest BCUT2D eigenvalue weighted by Crippen LogP contribution is 1.97. The molecular weight excluding hydrogens is 132 g/mol. The van der Waals surface area contributed by atoms with Gasteiger partial charge in [0.15, 0.2) is 0 Å². The van der Waals surface area contributed by atoms with Gasteiger partial charge in [0, 0.05) is 6.42 Å². The first-order chi connectivity index (χ1) is 4.52. The first-order valence-electron chi connectivity index (χ1n) is 3.11. The van der Waals surface area contributed by atoms with Gasteiger partial charge >= 0.3 is 6.03 Å². The summed E-state index contributed by atoms with van der Waals surface area (Å²) in [4.78, 5) is 20.7. The number of primary amides is 1. The van der Waals surface area contributed by atoms with E-state index < -0.39 is 6.03 Å². The number of urea groups is 1. The molecule has 0 aromatic heterocycles. The van der Waals surface area contributed by atoms with Crippen molar-refractivity contribution in [2.45, 2.75) is 20.3 Å². The monoisotopic (exact) mass is 144 g/mol. The van der Waals surface area contributed by atoms with Crippen molar-refractivity contribution in [2.24, 2.45) is 11.7 Å². The van der Waals surface area contributed by atoms with Crippen LogP contribution >= 0.6 is 0 Å². The molecule has 0 aliphatic heterocycles. The van der Waals surface area contributed by atoms with Gasteiger partial charge in [0.1, 0.15) is 0 Å². The molecule has 0 aromatic rings. The second-order valence-electron chi connectivity index (χ2n) is 2.51. The van der Waals surface area contributed by atoms with Crippen LogP contribution in [0.1, 0.15) is 20.3 Å². The second kappa shape index (κ2) is 3.87. The number of imide groups is 1. The normalized spacial score (nSPS) is 9.50. The number of amides is 3. The maximum atomic E-state index is 10.7. The highest BCUT2D eigenvalue weighted by Gasteiger charge is 2.05. The molecule has 0 radical (unpaired) electrons. The predicted molar refractivity (Wildman–Crippen MR) is 37.2 cm³/mol. The van der Waals surface area contributed by atoms with Gasteiger partial charge in [-0.2, -0.15) is 0 Å². The van der Waals surface area contributed by atoms with Gasteiger partial charge in [-0.25, -0.2) is 4.79 Å². The van der Waals surface area contributed by atoms with Gasteiger partial charge in [-0.1, -0.05) is 13.8 Å². The number of carbonyl (C=O) groups excluding carboxylic acids is 2. The van der Waals surface area contributed by atoms with Gasteiger partial charge in [0.25, 0.3) is 0 Å². The largest absolute Gasteiger partial charge is 0.351 e. The van der Waals surface area contributed by atoms with Crippen LogP contribution < -0.4 is 11.1 Å². The number of hydrogen-bond acceptors (Lipinski definition) is 2. The summed E-state index contributed by atoms with van der Waals surface area (Å²) < 4.78 is 0. The van der Waals surface area contributed by atoms with Crippen LogP contribution in [0.2, 0.25) is 0 Å². The van der Waals surface area contributed by atoms with E-state index in [4.69, 9.17) is 5.73 Å². The van der Waals surface area contributed by atoms with Crippen LogP contribution in [0.4, 0.5) is 4.79 Å². The van der Waals surface area contributed by atoms with E-state index in [1.807, 2.05) is 19.2 Å². The molecule has 0 aliphatic rings. The zero-order valence-corrected chi connectivity index (χ0v) is 6.18. The van der Waals surface area contributed by atoms with Gasteiger partial charge in [-0.3, -0.25) is 10.1 Å². The lowest BCUT2D eigenvalue weighted by Crippen LogP contribution is -2.35. The zero-order chi connectivity index (χ0) is 8.15. The summed E-state index contributed by atoms with van der Waals surface area (Å²) >= 11 is 0. The SMILES string of the molecule is CC(C)CC(=O)NC(N)=O. The van der Waals surface area contributed by atoms with Crippen LogP contribution in [0.5, 0.6) is 0 Å². The number of rotatable bonds is 2. The molecule has 10 heavy (non-hydrogen) atoms. The van der Waals surface area contributed by atoms with Crippen LogP contribution in [-0.4, -0.2) is 11.9 Å². The Kier molecular flexibility index (Phi) is 3.46. The van der Waals surface area contributed by atoms with Crippen LogP contribution in [-0.2, 0) is 4.79 Å². The van der Waals surface area contributed by atoms with E-state index in [1.54, 1.807) is 0 Å². The molecule has 0 atom stereocenters. The average Bonchev–Trinajstić information content (AvgIpc) is 1.58. The summed E-state index contributed by atoms with van der Waals surface area (Å²) in [6.45, 7) is 3.78. The van der Waals surface area contributed by atoms with Gasteiger partial charge in [0.2, 0.25) is 5.91 Å². The van der Waals surface area contributed by atoms with Crippen LogP contribution in [0, 0.1) is 5.92 Å². The number of nitrogens with two attached hydrogens (primary N) is 1. The van der Waals surface area contributed by atoms with E-state index in [9.17, 15) is 9.59 Å². The van der Waals surface area contributed by atoms with E-state index in [-0.39, 0.29) is 11.8 Å². The molecule has 0 heterocycles. The third kappa shape index (κ3) is 5.08. The third-order valence-electron chi connectivity index (χ3n) is 0.856. The predicted octanol–water partition coefficient (Wildman–Crippen LogP) is 0.227. The molecule has 58 valence electrons. The molecular formula is C6H12N2O2. The van der Waals surface area contributed by atoms with E-state index in [0.29, 0.717) is 6.42 Å². The number of nitrogens with one attached hydrogen (secondary N) is 1. The number of hydrogen-bond donors (Lipinski definition) is 2. The topological polar surface area (TPSA) is 72.2 Å². The van der Waals surface area contributed by atoms with Crippen molar-refractivity contribution in [2.75, 3.05) is 0 Å². The fourth-order valence-corrected chi connectivity index (χ4v) is 0.559. The maximum absolute atomic E-state index is 10.7. The highest BCUT2D eigenvalue weighted by molar-refractivity contribution is 5.93. The quantitative estimate of drug-likeness (QED) is 0.582. The maximum Gasteiger partial charge on any atom is 0.318 e. The molecule has 0 fully saturated rings. The van der Waals surface area contributed by atoms with Crippen molar-refractivity contribution >= 4 is 11.9 Å². The molecule has 0 rings (SSSR count). The molecule has 0 saturated carbocycles. The number of carbonyl (C=O) groups is 2. The minimum Gasteiger partial charge on any atom is -0.351 e. The van der Waals surface area contributed by atoms with E-state index >= 15 is 0 Å². The van der Waals surface area contributed by atoms with Crippen LogP contribution in [0.15, 0.2) is 0 Å². The van der Waals surface area contributed by atoms with Crippen molar-refractivity contribution < 1.29 is 9.59 Å². The molecule has 3 N–H and O–H groups in total. The lowest BCUT2D eigenvalue weighted by atomic mass is 10.1. The fourth-order valence-electron chi connectivity index (χ4n) is 0.559. The molecule has 0 saturated heterocycles. The van der Waals surface area contributed by atoms with E-state index in [1.165, 1.54) is 0 Å². The van der Waals surface area contributed by atoms with Gasteiger partial charge < -0.3 is 5.73 Å². The standard InChI is InChI=1S/C6H12N2O2/c1-4(2)3-5(9)8-6(7)10/h4H,3H2,1-2H3,(H3,7,8,9,10). The summed E-state index contributed by atoms with van der Waals surface area (Å²) in [6, 6.07) is -0.786. The summed E-state index contributed by atoms with van der Waals surface area (Å²) in [7, 11) is 0. The summed E-state index contributed by atoms with van der Waals surface area (Å²) in [5.41, 5.74) is 4.70. The minimum atomic E-state index is -0.786. The molecule has 4 nitrogen and oxygen atoms in total. The Balaban J connectivity index is 3.54. The summed E-state index contributed by atoms with van der Waals surface area (Å²) in [5.74, 6) is -0.0677. The Morgan fingerprint density at radius 1 is 1.50 bits per heavy atom. The Bertz CT molecular complexity index is 143.